The van der Waals surface area contributed by atoms with Crippen molar-refractivity contribution < 1.29 is 9.53 Å². The van der Waals surface area contributed by atoms with Crippen LogP contribution in [0.2, 0.25) is 5.02 Å². The summed E-state index contributed by atoms with van der Waals surface area (Å²) in [5.74, 6) is 0.626. The van der Waals surface area contributed by atoms with Gasteiger partial charge in [0.05, 0.1) is 17.6 Å². The van der Waals surface area contributed by atoms with Crippen LogP contribution in [0.5, 0.6) is 5.75 Å². The first kappa shape index (κ1) is 15.9. The third-order valence-electron chi connectivity index (χ3n) is 3.13. The molecule has 2 rings (SSSR count). The Morgan fingerprint density at radius 2 is 1.90 bits per heavy atom. The van der Waals surface area contributed by atoms with Gasteiger partial charge in [0.1, 0.15) is 5.75 Å². The standard InChI is InChI=1S/C16H15BrClNO2/c1-10(12-5-8-15(21-2)14(17)9-12)19-16(20)11-3-6-13(18)7-4-11/h3-10H,1-2H3,(H,19,20)/t10-/m0/s1. The average Bonchev–Trinajstić information content (AvgIpc) is 2.47. The van der Waals surface area contributed by atoms with Crippen molar-refractivity contribution in [1.82, 2.24) is 5.32 Å². The maximum Gasteiger partial charge on any atom is 0.251 e. The highest BCUT2D eigenvalue weighted by Crippen LogP contribution is 2.28. The Hall–Kier alpha value is -1.52. The summed E-state index contributed by atoms with van der Waals surface area (Å²) in [6.07, 6.45) is 0. The van der Waals surface area contributed by atoms with E-state index in [1.165, 1.54) is 0 Å². The highest BCUT2D eigenvalue weighted by Gasteiger charge is 2.12. The van der Waals surface area contributed by atoms with E-state index in [2.05, 4.69) is 21.2 Å². The molecule has 0 saturated carbocycles. The minimum Gasteiger partial charge on any atom is -0.496 e. The minimum absolute atomic E-state index is 0.115. The highest BCUT2D eigenvalue weighted by atomic mass is 79.9. The molecule has 21 heavy (non-hydrogen) atoms. The van der Waals surface area contributed by atoms with Crippen LogP contribution in [0, 0.1) is 0 Å². The summed E-state index contributed by atoms with van der Waals surface area (Å²) in [7, 11) is 1.62. The van der Waals surface area contributed by atoms with Crippen molar-refractivity contribution in [2.75, 3.05) is 7.11 Å². The van der Waals surface area contributed by atoms with E-state index in [4.69, 9.17) is 16.3 Å². The van der Waals surface area contributed by atoms with Crippen LogP contribution in [-0.2, 0) is 0 Å². The van der Waals surface area contributed by atoms with Gasteiger partial charge in [-0.1, -0.05) is 17.7 Å². The maximum atomic E-state index is 12.2. The summed E-state index contributed by atoms with van der Waals surface area (Å²) in [6.45, 7) is 1.93. The van der Waals surface area contributed by atoms with Gasteiger partial charge in [0.15, 0.2) is 0 Å². The first-order chi connectivity index (χ1) is 10.0. The summed E-state index contributed by atoms with van der Waals surface area (Å²) < 4.78 is 6.05. The van der Waals surface area contributed by atoms with Crippen molar-refractivity contribution in [1.29, 1.82) is 0 Å². The second kappa shape index (κ2) is 6.96. The lowest BCUT2D eigenvalue weighted by Gasteiger charge is -2.15. The molecule has 0 aliphatic carbocycles. The van der Waals surface area contributed by atoms with Gasteiger partial charge in [-0.05, 0) is 64.8 Å². The third kappa shape index (κ3) is 3.99. The molecule has 0 saturated heterocycles. The average molecular weight is 369 g/mol. The zero-order valence-electron chi connectivity index (χ0n) is 11.7. The van der Waals surface area contributed by atoms with Crippen molar-refractivity contribution in [3.8, 4) is 5.75 Å². The second-order valence-electron chi connectivity index (χ2n) is 4.60. The van der Waals surface area contributed by atoms with Gasteiger partial charge in [-0.2, -0.15) is 0 Å². The third-order valence-corrected chi connectivity index (χ3v) is 4.00. The maximum absolute atomic E-state index is 12.2. The molecule has 0 aliphatic heterocycles. The number of benzene rings is 2. The normalized spacial score (nSPS) is 11.8. The van der Waals surface area contributed by atoms with Gasteiger partial charge >= 0.3 is 0 Å². The molecule has 5 heteroatoms. The van der Waals surface area contributed by atoms with E-state index < -0.39 is 0 Å². The van der Waals surface area contributed by atoms with Crippen molar-refractivity contribution in [3.63, 3.8) is 0 Å². The van der Waals surface area contributed by atoms with Crippen LogP contribution < -0.4 is 10.1 Å². The number of carbonyl (C=O) groups is 1. The molecule has 3 nitrogen and oxygen atoms in total. The molecular weight excluding hydrogens is 354 g/mol. The van der Waals surface area contributed by atoms with Crippen LogP contribution in [0.15, 0.2) is 46.9 Å². The Morgan fingerprint density at radius 1 is 1.24 bits per heavy atom. The van der Waals surface area contributed by atoms with Crippen LogP contribution in [0.3, 0.4) is 0 Å². The van der Waals surface area contributed by atoms with Gasteiger partial charge in [-0.3, -0.25) is 4.79 Å². The van der Waals surface area contributed by atoms with Crippen LogP contribution in [0.1, 0.15) is 28.9 Å². The van der Waals surface area contributed by atoms with Gasteiger partial charge in [0.2, 0.25) is 0 Å². The monoisotopic (exact) mass is 367 g/mol. The summed E-state index contributed by atoms with van der Waals surface area (Å²) in [5.41, 5.74) is 1.57. The van der Waals surface area contributed by atoms with Gasteiger partial charge < -0.3 is 10.1 Å². The Labute approximate surface area is 137 Å². The molecule has 0 bridgehead atoms. The number of carbonyl (C=O) groups excluding carboxylic acids is 1. The summed E-state index contributed by atoms with van der Waals surface area (Å²) in [6, 6.07) is 12.4. The van der Waals surface area contributed by atoms with E-state index >= 15 is 0 Å². The molecule has 110 valence electrons. The Morgan fingerprint density at radius 3 is 2.48 bits per heavy atom. The van der Waals surface area contributed by atoms with Crippen LogP contribution >= 0.6 is 27.5 Å². The number of halogens is 2. The quantitative estimate of drug-likeness (QED) is 0.856. The predicted molar refractivity (Wildman–Crippen MR) is 88.0 cm³/mol. The van der Waals surface area contributed by atoms with Gasteiger partial charge in [0.25, 0.3) is 5.91 Å². The number of hydrogen-bond acceptors (Lipinski definition) is 2. The lowest BCUT2D eigenvalue weighted by Crippen LogP contribution is -2.26. The number of rotatable bonds is 4. The molecule has 0 radical (unpaired) electrons. The molecule has 2 aromatic rings. The Kier molecular flexibility index (Phi) is 5.26. The van der Waals surface area contributed by atoms with Gasteiger partial charge in [0, 0.05) is 10.6 Å². The molecule has 0 spiro atoms. The molecule has 0 unspecified atom stereocenters. The number of methoxy groups -OCH3 is 1. The van der Waals surface area contributed by atoms with Crippen LogP contribution in [-0.4, -0.2) is 13.0 Å². The summed E-state index contributed by atoms with van der Waals surface area (Å²) in [4.78, 5) is 12.2. The fourth-order valence-electron chi connectivity index (χ4n) is 1.92. The Bertz CT molecular complexity index is 643. The Balaban J connectivity index is 2.10. The molecular formula is C16H15BrClNO2. The SMILES string of the molecule is COc1ccc([C@H](C)NC(=O)c2ccc(Cl)cc2)cc1Br. The minimum atomic E-state index is -0.133. The van der Waals surface area contributed by atoms with Crippen LogP contribution in [0.25, 0.3) is 0 Å². The first-order valence-corrected chi connectivity index (χ1v) is 7.58. The molecule has 0 aromatic heterocycles. The van der Waals surface area contributed by atoms with Crippen LogP contribution in [0.4, 0.5) is 0 Å². The molecule has 0 aliphatic rings. The second-order valence-corrected chi connectivity index (χ2v) is 5.89. The largest absolute Gasteiger partial charge is 0.496 e. The van der Waals surface area contributed by atoms with E-state index in [1.807, 2.05) is 25.1 Å². The lowest BCUT2D eigenvalue weighted by atomic mass is 10.1. The molecule has 0 fully saturated rings. The van der Waals surface area contributed by atoms with E-state index in [9.17, 15) is 4.79 Å². The molecule has 1 amide bonds. The number of ether oxygens (including phenoxy) is 1. The predicted octanol–water partition coefficient (Wildman–Crippen LogP) is 4.60. The van der Waals surface area contributed by atoms with Crippen molar-refractivity contribution in [2.24, 2.45) is 0 Å². The molecule has 1 N–H and O–H groups in total. The van der Waals surface area contributed by atoms with Gasteiger partial charge in [-0.25, -0.2) is 0 Å². The fraction of sp³-hybridized carbons (Fsp3) is 0.188. The lowest BCUT2D eigenvalue weighted by molar-refractivity contribution is 0.0940. The van der Waals surface area contributed by atoms with E-state index in [0.29, 0.717) is 10.6 Å². The zero-order valence-corrected chi connectivity index (χ0v) is 14.0. The smallest absolute Gasteiger partial charge is 0.251 e. The number of nitrogens with one attached hydrogen (secondary N) is 1. The van der Waals surface area contributed by atoms with Crippen molar-refractivity contribution in [2.45, 2.75) is 13.0 Å². The number of hydrogen-bond donors (Lipinski definition) is 1. The van der Waals surface area contributed by atoms with Crippen molar-refractivity contribution >= 4 is 33.4 Å². The van der Waals surface area contributed by atoms with Gasteiger partial charge in [-0.15, -0.1) is 0 Å². The fourth-order valence-corrected chi connectivity index (χ4v) is 2.60. The molecule has 1 atom stereocenters. The molecule has 2 aromatic carbocycles. The zero-order chi connectivity index (χ0) is 15.4. The summed E-state index contributed by atoms with van der Waals surface area (Å²) >= 11 is 9.26. The summed E-state index contributed by atoms with van der Waals surface area (Å²) in [5, 5.41) is 3.56. The molecule has 0 heterocycles. The van der Waals surface area contributed by atoms with E-state index in [0.717, 1.165) is 15.8 Å². The van der Waals surface area contributed by atoms with Crippen molar-refractivity contribution in [3.05, 3.63) is 63.1 Å². The first-order valence-electron chi connectivity index (χ1n) is 6.41. The topological polar surface area (TPSA) is 38.3 Å². The highest BCUT2D eigenvalue weighted by molar-refractivity contribution is 9.10. The number of amides is 1. The van der Waals surface area contributed by atoms with E-state index in [-0.39, 0.29) is 11.9 Å². The van der Waals surface area contributed by atoms with E-state index in [1.54, 1.807) is 31.4 Å².